The maximum absolute atomic E-state index is 8.66. The summed E-state index contributed by atoms with van der Waals surface area (Å²) < 4.78 is 5.43. The highest BCUT2D eigenvalue weighted by Gasteiger charge is 2.47. The maximum atomic E-state index is 8.66. The molecule has 2 aliphatic rings. The van der Waals surface area contributed by atoms with Gasteiger partial charge in [-0.1, -0.05) is 0 Å². The minimum Gasteiger partial charge on any atom is -0.372 e. The largest absolute Gasteiger partial charge is 0.372 e. The van der Waals surface area contributed by atoms with Crippen molar-refractivity contribution in [3.05, 3.63) is 0 Å². The fraction of sp³-hybridized carbons (Fsp3) is 0.750. The van der Waals surface area contributed by atoms with Crippen LogP contribution in [-0.2, 0) is 4.74 Å². The zero-order valence-corrected chi connectivity index (χ0v) is 6.03. The number of ether oxygens (including phenoxy) is 1. The van der Waals surface area contributed by atoms with Gasteiger partial charge in [-0.15, -0.1) is 0 Å². The Kier molecular flexibility index (Phi) is 1.34. The summed E-state index contributed by atoms with van der Waals surface area (Å²) in [5.41, 5.74) is 0. The third kappa shape index (κ3) is 0.818. The van der Waals surface area contributed by atoms with E-state index in [9.17, 15) is 0 Å². The number of hydrogen-bond acceptors (Lipinski definition) is 3. The van der Waals surface area contributed by atoms with Gasteiger partial charge >= 0.3 is 0 Å². The second-order valence-electron chi connectivity index (χ2n) is 3.17. The van der Waals surface area contributed by atoms with Gasteiger partial charge in [0.1, 0.15) is 0 Å². The van der Waals surface area contributed by atoms with Crippen LogP contribution in [0.25, 0.3) is 0 Å². The summed E-state index contributed by atoms with van der Waals surface area (Å²) >= 11 is 0. The first-order valence-corrected chi connectivity index (χ1v) is 3.80. The highest BCUT2D eigenvalue weighted by atomic mass is 16.5. The van der Waals surface area contributed by atoms with Crippen LogP contribution in [0.15, 0.2) is 0 Å². The highest BCUT2D eigenvalue weighted by molar-refractivity contribution is 5.09. The monoisotopic (exact) mass is 148 g/mol. The summed E-state index contributed by atoms with van der Waals surface area (Å²) in [5.74, 6) is -0.0585. The Hall–Kier alpha value is -1.06. The zero-order chi connectivity index (χ0) is 7.84. The van der Waals surface area contributed by atoms with Crippen molar-refractivity contribution in [2.24, 2.45) is 11.8 Å². The molecule has 2 fully saturated rings. The Morgan fingerprint density at radius 2 is 1.64 bits per heavy atom. The summed E-state index contributed by atoms with van der Waals surface area (Å²) in [6.07, 6.45) is 1.77. The molecule has 0 aliphatic carbocycles. The lowest BCUT2D eigenvalue weighted by Crippen LogP contribution is -2.23. The summed E-state index contributed by atoms with van der Waals surface area (Å²) in [6, 6.07) is 4.37. The number of nitrogens with zero attached hydrogens (tertiary/aromatic N) is 2. The Balaban J connectivity index is 2.17. The second kappa shape index (κ2) is 2.22. The molecule has 56 valence electrons. The minimum absolute atomic E-state index is 0.0293. The molecule has 2 aliphatic heterocycles. The minimum atomic E-state index is -0.0880. The Morgan fingerprint density at radius 3 is 2.00 bits per heavy atom. The number of nitriles is 2. The average Bonchev–Trinajstić information content (AvgIpc) is 2.60. The van der Waals surface area contributed by atoms with Gasteiger partial charge in [0.25, 0.3) is 0 Å². The predicted molar refractivity (Wildman–Crippen MR) is 36.1 cm³/mol. The maximum Gasteiger partial charge on any atom is 0.0896 e. The van der Waals surface area contributed by atoms with Crippen molar-refractivity contribution in [2.75, 3.05) is 0 Å². The number of fused-ring (bicyclic) bond motifs is 2. The topological polar surface area (TPSA) is 56.8 Å². The summed E-state index contributed by atoms with van der Waals surface area (Å²) in [4.78, 5) is 0. The van der Waals surface area contributed by atoms with E-state index in [-0.39, 0.29) is 24.0 Å². The third-order valence-corrected chi connectivity index (χ3v) is 2.51. The third-order valence-electron chi connectivity index (χ3n) is 2.51. The van der Waals surface area contributed by atoms with Gasteiger partial charge in [-0.3, -0.25) is 0 Å². The van der Waals surface area contributed by atoms with E-state index in [2.05, 4.69) is 12.1 Å². The van der Waals surface area contributed by atoms with E-state index < -0.39 is 0 Å². The van der Waals surface area contributed by atoms with Gasteiger partial charge in [0.2, 0.25) is 0 Å². The molecular weight excluding hydrogens is 140 g/mol. The van der Waals surface area contributed by atoms with Crippen LogP contribution in [0.2, 0.25) is 0 Å². The van der Waals surface area contributed by atoms with Crippen LogP contribution >= 0.6 is 0 Å². The van der Waals surface area contributed by atoms with Crippen molar-refractivity contribution < 1.29 is 4.74 Å². The molecule has 0 amide bonds. The molecule has 2 atom stereocenters. The molecule has 2 bridgehead atoms. The Morgan fingerprint density at radius 1 is 1.09 bits per heavy atom. The van der Waals surface area contributed by atoms with Crippen LogP contribution < -0.4 is 0 Å². The normalized spacial score (nSPS) is 46.7. The van der Waals surface area contributed by atoms with Gasteiger partial charge < -0.3 is 4.74 Å². The lowest BCUT2D eigenvalue weighted by atomic mass is 9.83. The molecule has 3 heteroatoms. The molecule has 0 radical (unpaired) electrons. The van der Waals surface area contributed by atoms with Crippen LogP contribution in [0.5, 0.6) is 0 Å². The summed E-state index contributed by atoms with van der Waals surface area (Å²) in [5, 5.41) is 17.3. The SMILES string of the molecule is N#CC1CC2CC(C#N)C1O2. The van der Waals surface area contributed by atoms with Gasteiger partial charge in [0.05, 0.1) is 36.2 Å². The standard InChI is InChI=1S/C8H8N2O/c9-3-5-1-7-2-6(4-10)8(5)11-7/h5-8H,1-2H2. The predicted octanol–water partition coefficient (Wildman–Crippen LogP) is 0.827. The fourth-order valence-electron chi connectivity index (χ4n) is 1.99. The molecule has 0 spiro atoms. The number of rotatable bonds is 0. The van der Waals surface area contributed by atoms with Crippen LogP contribution in [0.3, 0.4) is 0 Å². The molecule has 0 N–H and O–H groups in total. The smallest absolute Gasteiger partial charge is 0.0896 e. The van der Waals surface area contributed by atoms with Crippen LogP contribution in [-0.4, -0.2) is 12.2 Å². The van der Waals surface area contributed by atoms with Gasteiger partial charge in [-0.05, 0) is 12.8 Å². The van der Waals surface area contributed by atoms with Gasteiger partial charge in [-0.25, -0.2) is 0 Å². The molecule has 0 aromatic carbocycles. The van der Waals surface area contributed by atoms with E-state index in [1.807, 2.05) is 0 Å². The van der Waals surface area contributed by atoms with E-state index in [0.29, 0.717) is 0 Å². The first-order valence-electron chi connectivity index (χ1n) is 3.80. The van der Waals surface area contributed by atoms with E-state index in [4.69, 9.17) is 15.3 Å². The van der Waals surface area contributed by atoms with E-state index in [1.54, 1.807) is 0 Å². The lowest BCUT2D eigenvalue weighted by Gasteiger charge is -2.14. The molecule has 11 heavy (non-hydrogen) atoms. The molecule has 0 saturated carbocycles. The van der Waals surface area contributed by atoms with Gasteiger partial charge in [0, 0.05) is 0 Å². The first-order chi connectivity index (χ1) is 5.35. The zero-order valence-electron chi connectivity index (χ0n) is 6.03. The Bertz CT molecular complexity index is 226. The van der Waals surface area contributed by atoms with Crippen molar-refractivity contribution >= 4 is 0 Å². The molecule has 3 nitrogen and oxygen atoms in total. The first kappa shape index (κ1) is 6.64. The Labute approximate surface area is 65.2 Å². The van der Waals surface area contributed by atoms with Crippen molar-refractivity contribution in [3.8, 4) is 12.1 Å². The van der Waals surface area contributed by atoms with Crippen molar-refractivity contribution in [3.63, 3.8) is 0 Å². The molecule has 2 unspecified atom stereocenters. The summed E-state index contributed by atoms with van der Waals surface area (Å²) in [7, 11) is 0. The number of hydrogen-bond donors (Lipinski definition) is 0. The average molecular weight is 148 g/mol. The van der Waals surface area contributed by atoms with Crippen molar-refractivity contribution in [2.45, 2.75) is 25.0 Å². The molecule has 0 aromatic heterocycles. The molecule has 2 saturated heterocycles. The quantitative estimate of drug-likeness (QED) is 0.511. The van der Waals surface area contributed by atoms with Gasteiger partial charge in [0.15, 0.2) is 0 Å². The van der Waals surface area contributed by atoms with Crippen LogP contribution in [0.1, 0.15) is 12.8 Å². The van der Waals surface area contributed by atoms with Crippen LogP contribution in [0.4, 0.5) is 0 Å². The lowest BCUT2D eigenvalue weighted by molar-refractivity contribution is 0.0912. The van der Waals surface area contributed by atoms with E-state index in [0.717, 1.165) is 12.8 Å². The second-order valence-corrected chi connectivity index (χ2v) is 3.17. The van der Waals surface area contributed by atoms with Crippen LogP contribution in [0, 0.1) is 34.5 Å². The van der Waals surface area contributed by atoms with Crippen molar-refractivity contribution in [1.82, 2.24) is 0 Å². The summed E-state index contributed by atoms with van der Waals surface area (Å²) in [6.45, 7) is 0. The fourth-order valence-corrected chi connectivity index (χ4v) is 1.99. The van der Waals surface area contributed by atoms with E-state index in [1.165, 1.54) is 0 Å². The molecule has 2 rings (SSSR count). The molecule has 0 aromatic rings. The molecule has 2 heterocycles. The van der Waals surface area contributed by atoms with E-state index >= 15 is 0 Å². The van der Waals surface area contributed by atoms with Crippen molar-refractivity contribution in [1.29, 1.82) is 10.5 Å². The van der Waals surface area contributed by atoms with Gasteiger partial charge in [-0.2, -0.15) is 10.5 Å². The molecular formula is C8H8N2O. The highest BCUT2D eigenvalue weighted by Crippen LogP contribution is 2.41.